The maximum atomic E-state index is 3.81. The highest BCUT2D eigenvalue weighted by Crippen LogP contribution is 2.24. The molecule has 0 aromatic rings. The van der Waals surface area contributed by atoms with E-state index in [4.69, 9.17) is 0 Å². The summed E-state index contributed by atoms with van der Waals surface area (Å²) in [6.45, 7) is 6.26. The Morgan fingerprint density at radius 3 is 2.67 bits per heavy atom. The lowest BCUT2D eigenvalue weighted by Crippen LogP contribution is -2.40. The monoisotopic (exact) mass is 210 g/mol. The molecular formula is C13H26N2. The van der Waals surface area contributed by atoms with E-state index >= 15 is 0 Å². The second-order valence-corrected chi connectivity index (χ2v) is 5.69. The minimum Gasteiger partial charge on any atom is -0.313 e. The van der Waals surface area contributed by atoms with Gasteiger partial charge in [-0.3, -0.25) is 0 Å². The first kappa shape index (κ1) is 11.4. The highest BCUT2D eigenvalue weighted by atomic mass is 15.1. The number of rotatable bonds is 3. The molecular weight excluding hydrogens is 184 g/mol. The largest absolute Gasteiger partial charge is 0.313 e. The molecule has 2 aliphatic rings. The fourth-order valence-corrected chi connectivity index (χ4v) is 3.13. The molecule has 2 heteroatoms. The fourth-order valence-electron chi connectivity index (χ4n) is 3.13. The first-order valence-electron chi connectivity index (χ1n) is 6.67. The second kappa shape index (κ2) is 5.31. The Bertz CT molecular complexity index is 193. The van der Waals surface area contributed by atoms with Gasteiger partial charge in [0.15, 0.2) is 0 Å². The molecule has 0 bridgehead atoms. The van der Waals surface area contributed by atoms with Gasteiger partial charge >= 0.3 is 0 Å². The SMILES string of the molecule is CC1CCCCC1NCC1CCN(C)C1. The van der Waals surface area contributed by atoms with Crippen molar-refractivity contribution in [3.63, 3.8) is 0 Å². The number of likely N-dealkylation sites (tertiary alicyclic amines) is 1. The Balaban J connectivity index is 1.68. The van der Waals surface area contributed by atoms with Gasteiger partial charge in [0, 0.05) is 12.6 Å². The van der Waals surface area contributed by atoms with Crippen LogP contribution in [-0.4, -0.2) is 37.6 Å². The average Bonchev–Trinajstić information content (AvgIpc) is 2.63. The maximum Gasteiger partial charge on any atom is 0.00928 e. The third-order valence-corrected chi connectivity index (χ3v) is 4.27. The lowest BCUT2D eigenvalue weighted by atomic mass is 9.85. The molecule has 1 aliphatic carbocycles. The fraction of sp³-hybridized carbons (Fsp3) is 1.00. The predicted octanol–water partition coefficient (Wildman–Crippen LogP) is 2.11. The minimum absolute atomic E-state index is 0.810. The molecule has 0 radical (unpaired) electrons. The predicted molar refractivity (Wildman–Crippen MR) is 65.0 cm³/mol. The Morgan fingerprint density at radius 2 is 2.00 bits per heavy atom. The molecule has 2 fully saturated rings. The van der Waals surface area contributed by atoms with Crippen LogP contribution in [0.5, 0.6) is 0 Å². The van der Waals surface area contributed by atoms with Crippen LogP contribution in [0.2, 0.25) is 0 Å². The van der Waals surface area contributed by atoms with Crippen molar-refractivity contribution in [2.75, 3.05) is 26.7 Å². The summed E-state index contributed by atoms with van der Waals surface area (Å²) in [6, 6.07) is 0.810. The van der Waals surface area contributed by atoms with Crippen LogP contribution in [0.4, 0.5) is 0 Å². The lowest BCUT2D eigenvalue weighted by Gasteiger charge is -2.30. The molecule has 1 saturated carbocycles. The summed E-state index contributed by atoms with van der Waals surface area (Å²) in [5.74, 6) is 1.81. The minimum atomic E-state index is 0.810. The van der Waals surface area contributed by atoms with Crippen molar-refractivity contribution >= 4 is 0 Å². The highest BCUT2D eigenvalue weighted by molar-refractivity contribution is 4.81. The average molecular weight is 210 g/mol. The summed E-state index contributed by atoms with van der Waals surface area (Å²) < 4.78 is 0. The highest BCUT2D eigenvalue weighted by Gasteiger charge is 2.24. The van der Waals surface area contributed by atoms with E-state index in [9.17, 15) is 0 Å². The summed E-state index contributed by atoms with van der Waals surface area (Å²) >= 11 is 0. The molecule has 0 aromatic heterocycles. The van der Waals surface area contributed by atoms with Crippen molar-refractivity contribution in [2.45, 2.75) is 45.1 Å². The smallest absolute Gasteiger partial charge is 0.00928 e. The van der Waals surface area contributed by atoms with Crippen LogP contribution < -0.4 is 5.32 Å². The molecule has 88 valence electrons. The van der Waals surface area contributed by atoms with Gasteiger partial charge in [0.25, 0.3) is 0 Å². The van der Waals surface area contributed by atoms with Gasteiger partial charge in [0.2, 0.25) is 0 Å². The van der Waals surface area contributed by atoms with E-state index in [1.54, 1.807) is 0 Å². The quantitative estimate of drug-likeness (QED) is 0.767. The van der Waals surface area contributed by atoms with E-state index in [1.807, 2.05) is 0 Å². The van der Waals surface area contributed by atoms with Crippen LogP contribution >= 0.6 is 0 Å². The van der Waals surface area contributed by atoms with Crippen molar-refractivity contribution in [3.05, 3.63) is 0 Å². The van der Waals surface area contributed by atoms with Gasteiger partial charge in [-0.05, 0) is 51.2 Å². The van der Waals surface area contributed by atoms with E-state index in [1.165, 1.54) is 51.7 Å². The van der Waals surface area contributed by atoms with E-state index in [-0.39, 0.29) is 0 Å². The van der Waals surface area contributed by atoms with Crippen molar-refractivity contribution in [1.29, 1.82) is 0 Å². The Morgan fingerprint density at radius 1 is 1.20 bits per heavy atom. The number of hydrogen-bond donors (Lipinski definition) is 1. The van der Waals surface area contributed by atoms with Gasteiger partial charge in [-0.25, -0.2) is 0 Å². The van der Waals surface area contributed by atoms with Gasteiger partial charge in [-0.1, -0.05) is 19.8 Å². The zero-order valence-electron chi connectivity index (χ0n) is 10.3. The Kier molecular flexibility index (Phi) is 4.04. The molecule has 15 heavy (non-hydrogen) atoms. The topological polar surface area (TPSA) is 15.3 Å². The van der Waals surface area contributed by atoms with Crippen molar-refractivity contribution in [3.8, 4) is 0 Å². The van der Waals surface area contributed by atoms with Crippen LogP contribution in [0, 0.1) is 11.8 Å². The summed E-state index contributed by atoms with van der Waals surface area (Å²) in [5.41, 5.74) is 0. The third-order valence-electron chi connectivity index (χ3n) is 4.27. The van der Waals surface area contributed by atoms with E-state index < -0.39 is 0 Å². The van der Waals surface area contributed by atoms with Crippen LogP contribution in [0.25, 0.3) is 0 Å². The summed E-state index contributed by atoms with van der Waals surface area (Å²) in [4.78, 5) is 2.46. The summed E-state index contributed by atoms with van der Waals surface area (Å²) in [7, 11) is 2.24. The van der Waals surface area contributed by atoms with Crippen LogP contribution in [-0.2, 0) is 0 Å². The second-order valence-electron chi connectivity index (χ2n) is 5.69. The van der Waals surface area contributed by atoms with Gasteiger partial charge in [-0.15, -0.1) is 0 Å². The first-order valence-corrected chi connectivity index (χ1v) is 6.67. The van der Waals surface area contributed by atoms with E-state index in [0.29, 0.717) is 0 Å². The molecule has 1 aliphatic heterocycles. The molecule has 3 atom stereocenters. The maximum absolute atomic E-state index is 3.81. The molecule has 0 aromatic carbocycles. The van der Waals surface area contributed by atoms with Crippen molar-refractivity contribution in [1.82, 2.24) is 10.2 Å². The third kappa shape index (κ3) is 3.18. The van der Waals surface area contributed by atoms with Crippen molar-refractivity contribution in [2.24, 2.45) is 11.8 Å². The zero-order valence-corrected chi connectivity index (χ0v) is 10.3. The van der Waals surface area contributed by atoms with Crippen LogP contribution in [0.3, 0.4) is 0 Å². The van der Waals surface area contributed by atoms with E-state index in [0.717, 1.165) is 17.9 Å². The number of hydrogen-bond acceptors (Lipinski definition) is 2. The Labute approximate surface area is 94.4 Å². The summed E-state index contributed by atoms with van der Waals surface area (Å²) in [5, 5.41) is 3.81. The normalized spacial score (nSPS) is 38.4. The molecule has 0 amide bonds. The standard InChI is InChI=1S/C13H26N2/c1-11-5-3-4-6-13(11)14-9-12-7-8-15(2)10-12/h11-14H,3-10H2,1-2H3. The van der Waals surface area contributed by atoms with Gasteiger partial charge in [-0.2, -0.15) is 0 Å². The van der Waals surface area contributed by atoms with E-state index in [2.05, 4.69) is 24.2 Å². The molecule has 1 N–H and O–H groups in total. The van der Waals surface area contributed by atoms with Crippen LogP contribution in [0.1, 0.15) is 39.0 Å². The molecule has 1 saturated heterocycles. The number of nitrogens with one attached hydrogen (secondary N) is 1. The first-order chi connectivity index (χ1) is 7.25. The van der Waals surface area contributed by atoms with Gasteiger partial charge in [0.05, 0.1) is 0 Å². The molecule has 2 nitrogen and oxygen atoms in total. The molecule has 2 rings (SSSR count). The lowest BCUT2D eigenvalue weighted by molar-refractivity contribution is 0.267. The Hall–Kier alpha value is -0.0800. The zero-order chi connectivity index (χ0) is 10.7. The van der Waals surface area contributed by atoms with Crippen LogP contribution in [0.15, 0.2) is 0 Å². The summed E-state index contributed by atoms with van der Waals surface area (Å²) in [6.07, 6.45) is 7.12. The van der Waals surface area contributed by atoms with Crippen molar-refractivity contribution < 1.29 is 0 Å². The van der Waals surface area contributed by atoms with Gasteiger partial charge in [0.1, 0.15) is 0 Å². The number of nitrogens with zero attached hydrogens (tertiary/aromatic N) is 1. The van der Waals surface area contributed by atoms with Gasteiger partial charge < -0.3 is 10.2 Å². The molecule has 1 heterocycles. The molecule has 3 unspecified atom stereocenters. The molecule has 0 spiro atoms.